The van der Waals surface area contributed by atoms with Crippen LogP contribution in [0, 0.1) is 11.2 Å². The van der Waals surface area contributed by atoms with Gasteiger partial charge in [-0.25, -0.2) is 4.39 Å². The highest BCUT2D eigenvalue weighted by Crippen LogP contribution is 2.41. The van der Waals surface area contributed by atoms with Gasteiger partial charge >= 0.3 is 0 Å². The quantitative estimate of drug-likeness (QED) is 0.852. The maximum Gasteiger partial charge on any atom is 0.253 e. The summed E-state index contributed by atoms with van der Waals surface area (Å²) in [6, 6.07) is 9.74. The van der Waals surface area contributed by atoms with Crippen LogP contribution < -0.4 is 0 Å². The lowest BCUT2D eigenvalue weighted by molar-refractivity contribution is -0.135. The summed E-state index contributed by atoms with van der Waals surface area (Å²) in [5.41, 5.74) is 0.896. The Morgan fingerprint density at radius 1 is 1.15 bits per heavy atom. The van der Waals surface area contributed by atoms with Crippen molar-refractivity contribution in [3.63, 3.8) is 0 Å². The second-order valence-electron chi connectivity index (χ2n) is 7.10. The largest absolute Gasteiger partial charge is 0.338 e. The van der Waals surface area contributed by atoms with Crippen LogP contribution >= 0.6 is 0 Å². The van der Waals surface area contributed by atoms with Crippen molar-refractivity contribution < 1.29 is 14.0 Å². The summed E-state index contributed by atoms with van der Waals surface area (Å²) in [7, 11) is 0. The molecule has 2 saturated heterocycles. The van der Waals surface area contributed by atoms with E-state index in [1.165, 1.54) is 12.1 Å². The molecule has 1 aromatic heterocycles. The van der Waals surface area contributed by atoms with E-state index in [4.69, 9.17) is 0 Å². The molecule has 26 heavy (non-hydrogen) atoms. The van der Waals surface area contributed by atoms with Gasteiger partial charge in [-0.1, -0.05) is 12.1 Å². The Morgan fingerprint density at radius 3 is 2.69 bits per heavy atom. The van der Waals surface area contributed by atoms with Crippen LogP contribution in [0.2, 0.25) is 0 Å². The van der Waals surface area contributed by atoms with Crippen molar-refractivity contribution >= 4 is 11.8 Å². The van der Waals surface area contributed by atoms with E-state index in [-0.39, 0.29) is 17.6 Å². The first-order valence-electron chi connectivity index (χ1n) is 8.81. The lowest BCUT2D eigenvalue weighted by Gasteiger charge is -2.24. The number of amides is 2. The Hall–Kier alpha value is -2.76. The Balaban J connectivity index is 1.45. The number of benzene rings is 1. The molecule has 0 radical (unpaired) electrons. The van der Waals surface area contributed by atoms with Gasteiger partial charge in [-0.3, -0.25) is 14.6 Å². The molecule has 3 heterocycles. The Morgan fingerprint density at radius 2 is 1.92 bits per heavy atom. The molecule has 134 valence electrons. The first kappa shape index (κ1) is 16.7. The summed E-state index contributed by atoms with van der Waals surface area (Å²) in [5, 5.41) is 0. The number of aromatic nitrogens is 1. The minimum Gasteiger partial charge on any atom is -0.338 e. The zero-order valence-corrected chi connectivity index (χ0v) is 14.4. The van der Waals surface area contributed by atoms with Crippen LogP contribution in [-0.4, -0.2) is 46.2 Å². The average molecular weight is 353 g/mol. The number of hydrogen-bond donors (Lipinski definition) is 0. The Labute approximate surface area is 151 Å². The Bertz CT molecular complexity index is 842. The summed E-state index contributed by atoms with van der Waals surface area (Å²) in [4.78, 5) is 33.1. The predicted octanol–water partition coefficient (Wildman–Crippen LogP) is 2.49. The zero-order chi connectivity index (χ0) is 18.1. The van der Waals surface area contributed by atoms with Crippen molar-refractivity contribution in [3.8, 4) is 0 Å². The van der Waals surface area contributed by atoms with Crippen LogP contribution in [0.3, 0.4) is 0 Å². The molecule has 0 aliphatic carbocycles. The maximum atomic E-state index is 13.4. The number of nitrogens with zero attached hydrogens (tertiary/aromatic N) is 3. The molecule has 2 aliphatic rings. The second kappa shape index (κ2) is 6.52. The van der Waals surface area contributed by atoms with Crippen LogP contribution in [0.15, 0.2) is 48.8 Å². The molecule has 4 rings (SSSR count). The van der Waals surface area contributed by atoms with Crippen LogP contribution in [-0.2, 0) is 11.3 Å². The fourth-order valence-electron chi connectivity index (χ4n) is 4.00. The number of halogens is 1. The van der Waals surface area contributed by atoms with Crippen LogP contribution in [0.4, 0.5) is 4.39 Å². The third-order valence-electron chi connectivity index (χ3n) is 5.43. The molecule has 0 unspecified atom stereocenters. The molecule has 2 fully saturated rings. The van der Waals surface area contributed by atoms with Crippen molar-refractivity contribution in [2.45, 2.75) is 19.4 Å². The molecule has 0 saturated carbocycles. The molecule has 6 heteroatoms. The molecule has 2 amide bonds. The fraction of sp³-hybridized carbons (Fsp3) is 0.350. The summed E-state index contributed by atoms with van der Waals surface area (Å²) in [5.74, 6) is -0.272. The van der Waals surface area contributed by atoms with Crippen molar-refractivity contribution in [2.24, 2.45) is 5.41 Å². The summed E-state index contributed by atoms with van der Waals surface area (Å²) in [6.07, 6.45) is 4.62. The molecule has 5 nitrogen and oxygen atoms in total. The molecule has 2 aromatic rings. The van der Waals surface area contributed by atoms with Gasteiger partial charge < -0.3 is 9.80 Å². The molecule has 2 aliphatic heterocycles. The van der Waals surface area contributed by atoms with E-state index in [2.05, 4.69) is 4.98 Å². The highest BCUT2D eigenvalue weighted by Gasteiger charge is 2.51. The van der Waals surface area contributed by atoms with Gasteiger partial charge in [-0.05, 0) is 42.7 Å². The molecule has 0 bridgehead atoms. The number of likely N-dealkylation sites (tertiary alicyclic amines) is 2. The van der Waals surface area contributed by atoms with E-state index in [1.54, 1.807) is 40.4 Å². The number of carbonyl (C=O) groups is 2. The topological polar surface area (TPSA) is 53.5 Å². The lowest BCUT2D eigenvalue weighted by Crippen LogP contribution is -2.38. The number of carbonyl (C=O) groups excluding carboxylic acids is 2. The Kier molecular flexibility index (Phi) is 4.18. The van der Waals surface area contributed by atoms with Gasteiger partial charge in [-0.15, -0.1) is 0 Å². The van der Waals surface area contributed by atoms with Gasteiger partial charge in [0.1, 0.15) is 5.82 Å². The van der Waals surface area contributed by atoms with Gasteiger partial charge in [0.2, 0.25) is 5.91 Å². The summed E-state index contributed by atoms with van der Waals surface area (Å²) in [6.45, 7) is 2.09. The highest BCUT2D eigenvalue weighted by molar-refractivity contribution is 5.95. The molecule has 1 spiro atoms. The monoisotopic (exact) mass is 353 g/mol. The minimum absolute atomic E-state index is 0.0549. The van der Waals surface area contributed by atoms with Crippen LogP contribution in [0.1, 0.15) is 28.8 Å². The summed E-state index contributed by atoms with van der Waals surface area (Å²) >= 11 is 0. The number of pyridine rings is 1. The van der Waals surface area contributed by atoms with E-state index < -0.39 is 5.41 Å². The normalized spacial score (nSPS) is 22.4. The number of hydrogen-bond acceptors (Lipinski definition) is 3. The second-order valence-corrected chi connectivity index (χ2v) is 7.10. The highest BCUT2D eigenvalue weighted by atomic mass is 19.1. The molecular formula is C20H20FN3O2. The zero-order valence-electron chi connectivity index (χ0n) is 14.4. The van der Waals surface area contributed by atoms with Gasteiger partial charge in [0, 0.05) is 44.1 Å². The summed E-state index contributed by atoms with van der Waals surface area (Å²) < 4.78 is 13.4. The SMILES string of the molecule is O=C(c1ccncc1)N1CC[C@]2(CCN(Cc3cccc(F)c3)C2=O)C1. The van der Waals surface area contributed by atoms with Crippen molar-refractivity contribution in [3.05, 3.63) is 65.7 Å². The molecule has 1 aromatic carbocycles. The van der Waals surface area contributed by atoms with E-state index >= 15 is 0 Å². The predicted molar refractivity (Wildman–Crippen MR) is 93.6 cm³/mol. The van der Waals surface area contributed by atoms with E-state index in [0.29, 0.717) is 38.2 Å². The molecule has 1 atom stereocenters. The van der Waals surface area contributed by atoms with Gasteiger partial charge in [0.25, 0.3) is 5.91 Å². The van der Waals surface area contributed by atoms with E-state index in [9.17, 15) is 14.0 Å². The molecule has 0 N–H and O–H groups in total. The maximum absolute atomic E-state index is 13.4. The van der Waals surface area contributed by atoms with Crippen molar-refractivity contribution in [1.29, 1.82) is 0 Å². The van der Waals surface area contributed by atoms with Gasteiger partial charge in [0.05, 0.1) is 5.41 Å². The third kappa shape index (κ3) is 2.96. The van der Waals surface area contributed by atoms with E-state index in [0.717, 1.165) is 12.0 Å². The van der Waals surface area contributed by atoms with Gasteiger partial charge in [0.15, 0.2) is 0 Å². The number of rotatable bonds is 3. The standard InChI is InChI=1S/C20H20FN3O2/c21-17-3-1-2-15(12-17)13-23-10-6-20(19(23)26)7-11-24(14-20)18(25)16-4-8-22-9-5-16/h1-5,8-9,12H,6-7,10-11,13-14H2/t20-/m1/s1. The molecular weight excluding hydrogens is 333 g/mol. The van der Waals surface area contributed by atoms with E-state index in [1.807, 2.05) is 6.07 Å². The van der Waals surface area contributed by atoms with Crippen LogP contribution in [0.5, 0.6) is 0 Å². The average Bonchev–Trinajstić information content (AvgIpc) is 3.22. The van der Waals surface area contributed by atoms with Crippen molar-refractivity contribution in [2.75, 3.05) is 19.6 Å². The first-order chi connectivity index (χ1) is 12.6. The third-order valence-corrected chi connectivity index (χ3v) is 5.43. The minimum atomic E-state index is -0.490. The lowest BCUT2D eigenvalue weighted by atomic mass is 9.85. The smallest absolute Gasteiger partial charge is 0.253 e. The first-order valence-corrected chi connectivity index (χ1v) is 8.81. The van der Waals surface area contributed by atoms with Crippen LogP contribution in [0.25, 0.3) is 0 Å². The van der Waals surface area contributed by atoms with Gasteiger partial charge in [-0.2, -0.15) is 0 Å². The van der Waals surface area contributed by atoms with Crippen molar-refractivity contribution in [1.82, 2.24) is 14.8 Å². The fourth-order valence-corrected chi connectivity index (χ4v) is 4.00.